The summed E-state index contributed by atoms with van der Waals surface area (Å²) < 4.78 is 10.6. The molecule has 2 heterocycles. The van der Waals surface area contributed by atoms with Crippen LogP contribution in [0.2, 0.25) is 0 Å². The van der Waals surface area contributed by atoms with Crippen molar-refractivity contribution in [2.75, 3.05) is 0 Å². The zero-order valence-corrected chi connectivity index (χ0v) is 18.1. The number of esters is 1. The van der Waals surface area contributed by atoms with Crippen molar-refractivity contribution in [2.24, 2.45) is 0 Å². The van der Waals surface area contributed by atoms with E-state index in [1.165, 1.54) is 0 Å². The molecule has 4 aromatic rings. The minimum absolute atomic E-state index is 0.0814. The normalized spacial score (nSPS) is 10.9. The summed E-state index contributed by atoms with van der Waals surface area (Å²) in [5.41, 5.74) is 3.51. The summed E-state index contributed by atoms with van der Waals surface area (Å²) in [5.74, 6) is 0.985. The van der Waals surface area contributed by atoms with Gasteiger partial charge in [0.25, 0.3) is 5.89 Å². The molecule has 0 N–H and O–H groups in total. The van der Waals surface area contributed by atoms with Gasteiger partial charge in [-0.2, -0.15) is 4.98 Å². The largest absolute Gasteiger partial charge is 0.452 e. The Morgan fingerprint density at radius 2 is 1.90 bits per heavy atom. The maximum Gasteiger partial charge on any atom is 0.339 e. The van der Waals surface area contributed by atoms with E-state index in [9.17, 15) is 4.79 Å². The van der Waals surface area contributed by atoms with Crippen LogP contribution in [-0.4, -0.2) is 21.1 Å². The van der Waals surface area contributed by atoms with Gasteiger partial charge < -0.3 is 9.26 Å². The van der Waals surface area contributed by atoms with Crippen molar-refractivity contribution in [3.05, 3.63) is 81.6 Å². The average molecular weight is 438 g/mol. The van der Waals surface area contributed by atoms with Crippen molar-refractivity contribution in [3.8, 4) is 11.4 Å². The van der Waals surface area contributed by atoms with Crippen LogP contribution in [-0.2, 0) is 17.1 Å². The Morgan fingerprint density at radius 3 is 2.67 bits per heavy atom. The minimum Gasteiger partial charge on any atom is -0.452 e. The zero-order chi connectivity index (χ0) is 20.9. The van der Waals surface area contributed by atoms with Crippen LogP contribution in [0, 0.1) is 13.8 Å². The lowest BCUT2D eigenvalue weighted by Gasteiger charge is -2.07. The van der Waals surface area contributed by atoms with E-state index in [0.29, 0.717) is 17.1 Å². The molecule has 0 spiro atoms. The third kappa shape index (κ3) is 4.95. The molecule has 0 aliphatic heterocycles. The van der Waals surface area contributed by atoms with Crippen molar-refractivity contribution in [3.63, 3.8) is 0 Å². The standard InChI is InChI=1S/C22H19N3O3S2/c1-14-7-9-16(10-8-14)21-24-20(28-25-21)11-27-22(26)18-5-3-4-6-19(18)30-13-17-12-29-15(2)23-17/h3-10,12H,11,13H2,1-2H3. The van der Waals surface area contributed by atoms with Crippen LogP contribution in [0.3, 0.4) is 0 Å². The summed E-state index contributed by atoms with van der Waals surface area (Å²) in [6.07, 6.45) is 0. The van der Waals surface area contributed by atoms with Gasteiger partial charge in [-0.1, -0.05) is 47.1 Å². The fourth-order valence-electron chi connectivity index (χ4n) is 2.73. The van der Waals surface area contributed by atoms with Crippen molar-refractivity contribution in [1.82, 2.24) is 15.1 Å². The molecule has 6 nitrogen and oxygen atoms in total. The van der Waals surface area contributed by atoms with Crippen LogP contribution >= 0.6 is 23.1 Å². The molecule has 0 saturated carbocycles. The number of carbonyl (C=O) groups excluding carboxylic acids is 1. The second kappa shape index (κ2) is 9.23. The van der Waals surface area contributed by atoms with Gasteiger partial charge in [0.2, 0.25) is 5.82 Å². The number of aryl methyl sites for hydroxylation is 2. The molecule has 0 unspecified atom stereocenters. The van der Waals surface area contributed by atoms with Crippen LogP contribution in [0.4, 0.5) is 0 Å². The number of aromatic nitrogens is 3. The highest BCUT2D eigenvalue weighted by atomic mass is 32.2. The number of nitrogens with zero attached hydrogens (tertiary/aromatic N) is 3. The third-order valence-corrected chi connectivity index (χ3v) is 6.18. The van der Waals surface area contributed by atoms with Gasteiger partial charge in [-0.3, -0.25) is 0 Å². The first-order valence-corrected chi connectivity index (χ1v) is 11.1. The summed E-state index contributed by atoms with van der Waals surface area (Å²) in [6.45, 7) is 3.91. The monoisotopic (exact) mass is 437 g/mol. The van der Waals surface area contributed by atoms with Gasteiger partial charge in [0.05, 0.1) is 16.3 Å². The lowest BCUT2D eigenvalue weighted by Crippen LogP contribution is -2.07. The highest BCUT2D eigenvalue weighted by Crippen LogP contribution is 2.27. The number of carbonyl (C=O) groups is 1. The molecule has 0 bridgehead atoms. The van der Waals surface area contributed by atoms with Gasteiger partial charge in [0.15, 0.2) is 6.61 Å². The maximum atomic E-state index is 12.6. The number of thioether (sulfide) groups is 1. The molecule has 30 heavy (non-hydrogen) atoms. The van der Waals surface area contributed by atoms with E-state index >= 15 is 0 Å². The van der Waals surface area contributed by atoms with Crippen LogP contribution < -0.4 is 0 Å². The smallest absolute Gasteiger partial charge is 0.339 e. The molecule has 152 valence electrons. The van der Waals surface area contributed by atoms with Gasteiger partial charge in [-0.15, -0.1) is 23.1 Å². The summed E-state index contributed by atoms with van der Waals surface area (Å²) in [7, 11) is 0. The van der Waals surface area contributed by atoms with Gasteiger partial charge in [-0.25, -0.2) is 9.78 Å². The number of hydrogen-bond donors (Lipinski definition) is 0. The second-order valence-electron chi connectivity index (χ2n) is 6.60. The zero-order valence-electron chi connectivity index (χ0n) is 16.5. The molecule has 2 aromatic carbocycles. The number of rotatable bonds is 7. The van der Waals surface area contributed by atoms with Crippen molar-refractivity contribution in [1.29, 1.82) is 0 Å². The fourth-order valence-corrected chi connectivity index (χ4v) is 4.38. The first-order valence-electron chi connectivity index (χ1n) is 9.28. The number of thiazole rings is 1. The lowest BCUT2D eigenvalue weighted by molar-refractivity contribution is 0.0425. The van der Waals surface area contributed by atoms with Gasteiger partial charge >= 0.3 is 5.97 Å². The van der Waals surface area contributed by atoms with E-state index in [-0.39, 0.29) is 12.5 Å². The Bertz CT molecular complexity index is 1150. The fraction of sp³-hybridized carbons (Fsp3) is 0.182. The Hall–Kier alpha value is -2.97. The van der Waals surface area contributed by atoms with Crippen LogP contribution in [0.25, 0.3) is 11.4 Å². The van der Waals surface area contributed by atoms with Crippen molar-refractivity contribution >= 4 is 29.1 Å². The van der Waals surface area contributed by atoms with Crippen LogP contribution in [0.15, 0.2) is 63.3 Å². The van der Waals surface area contributed by atoms with Gasteiger partial charge in [-0.05, 0) is 26.0 Å². The van der Waals surface area contributed by atoms with Gasteiger partial charge in [0, 0.05) is 21.6 Å². The molecule has 0 aliphatic rings. The number of hydrogen-bond acceptors (Lipinski definition) is 8. The summed E-state index contributed by atoms with van der Waals surface area (Å²) in [4.78, 5) is 22.2. The topological polar surface area (TPSA) is 78.1 Å². The third-order valence-electron chi connectivity index (χ3n) is 4.25. The molecule has 0 aliphatic carbocycles. The molecule has 0 saturated heterocycles. The molecule has 0 amide bonds. The Morgan fingerprint density at radius 1 is 1.10 bits per heavy atom. The maximum absolute atomic E-state index is 12.6. The molecule has 2 aromatic heterocycles. The summed E-state index contributed by atoms with van der Waals surface area (Å²) in [6, 6.07) is 15.2. The van der Waals surface area contributed by atoms with Crippen molar-refractivity contribution < 1.29 is 14.1 Å². The molecule has 0 atom stereocenters. The average Bonchev–Trinajstić information content (AvgIpc) is 3.40. The molecular weight excluding hydrogens is 418 g/mol. The van der Waals surface area contributed by atoms with E-state index in [4.69, 9.17) is 9.26 Å². The molecule has 4 rings (SSSR count). The first-order chi connectivity index (χ1) is 14.6. The molecule has 0 radical (unpaired) electrons. The summed E-state index contributed by atoms with van der Waals surface area (Å²) >= 11 is 3.18. The molecule has 0 fully saturated rings. The van der Waals surface area contributed by atoms with E-state index < -0.39 is 5.97 Å². The predicted octanol–water partition coefficient (Wildman–Crippen LogP) is 5.46. The van der Waals surface area contributed by atoms with E-state index in [0.717, 1.165) is 26.7 Å². The number of benzene rings is 2. The molecular formula is C22H19N3O3S2. The van der Waals surface area contributed by atoms with Gasteiger partial charge in [0.1, 0.15) is 0 Å². The highest BCUT2D eigenvalue weighted by Gasteiger charge is 2.16. The Balaban J connectivity index is 1.39. The van der Waals surface area contributed by atoms with E-state index in [1.807, 2.05) is 61.7 Å². The SMILES string of the molecule is Cc1ccc(-c2noc(COC(=O)c3ccccc3SCc3csc(C)n3)n2)cc1. The predicted molar refractivity (Wildman–Crippen MR) is 116 cm³/mol. The van der Waals surface area contributed by atoms with E-state index in [2.05, 4.69) is 15.1 Å². The van der Waals surface area contributed by atoms with E-state index in [1.54, 1.807) is 29.2 Å². The second-order valence-corrected chi connectivity index (χ2v) is 8.68. The van der Waals surface area contributed by atoms with Crippen LogP contribution in [0.1, 0.15) is 32.5 Å². The first kappa shape index (κ1) is 20.3. The number of ether oxygens (including phenoxy) is 1. The van der Waals surface area contributed by atoms with Crippen molar-refractivity contribution in [2.45, 2.75) is 31.1 Å². The Kier molecular flexibility index (Phi) is 6.25. The summed E-state index contributed by atoms with van der Waals surface area (Å²) in [5, 5.41) is 7.02. The quantitative estimate of drug-likeness (QED) is 0.281. The lowest BCUT2D eigenvalue weighted by atomic mass is 10.1. The molecule has 8 heteroatoms. The minimum atomic E-state index is -0.428. The Labute approximate surface area is 182 Å². The highest BCUT2D eigenvalue weighted by molar-refractivity contribution is 7.98. The van der Waals surface area contributed by atoms with Crippen LogP contribution in [0.5, 0.6) is 0 Å².